The van der Waals surface area contributed by atoms with Crippen LogP contribution in [0.1, 0.15) is 28.5 Å². The van der Waals surface area contributed by atoms with Crippen LogP contribution in [-0.4, -0.2) is 9.97 Å². The molecule has 1 N–H and O–H groups in total. The molecule has 108 valence electrons. The monoisotopic (exact) mass is 299 g/mol. The Balaban J connectivity index is 1.74. The van der Waals surface area contributed by atoms with Gasteiger partial charge in [0.1, 0.15) is 0 Å². The van der Waals surface area contributed by atoms with E-state index in [-0.39, 0.29) is 6.04 Å². The Hall–Kier alpha value is -2.14. The van der Waals surface area contributed by atoms with E-state index in [2.05, 4.69) is 41.3 Å². The van der Waals surface area contributed by atoms with Crippen LogP contribution in [0.2, 0.25) is 0 Å². The van der Waals surface area contributed by atoms with Gasteiger partial charge in [-0.1, -0.05) is 0 Å². The lowest BCUT2D eigenvalue weighted by molar-refractivity contribution is 0.572. The Labute approximate surface area is 127 Å². The standard InChI is InChI=1S/C16H17N3OS/c1-10-16(21-12(3)18-10)11(2)19-14-6-4-13(5-7-14)15-8-17-9-20-15/h4-9,11,19H,1-3H3. The summed E-state index contributed by atoms with van der Waals surface area (Å²) >= 11 is 1.75. The molecular formula is C16H17N3OS. The van der Waals surface area contributed by atoms with Gasteiger partial charge < -0.3 is 9.73 Å². The third kappa shape index (κ3) is 2.97. The molecule has 21 heavy (non-hydrogen) atoms. The van der Waals surface area contributed by atoms with Gasteiger partial charge in [0.05, 0.1) is 22.9 Å². The molecule has 0 aliphatic rings. The maximum Gasteiger partial charge on any atom is 0.181 e. The lowest BCUT2D eigenvalue weighted by Gasteiger charge is -2.14. The zero-order valence-electron chi connectivity index (χ0n) is 12.3. The molecule has 0 fully saturated rings. The zero-order valence-corrected chi connectivity index (χ0v) is 13.1. The Morgan fingerprint density at radius 2 is 1.95 bits per heavy atom. The second kappa shape index (κ2) is 5.69. The van der Waals surface area contributed by atoms with Gasteiger partial charge in [-0.25, -0.2) is 9.97 Å². The third-order valence-electron chi connectivity index (χ3n) is 3.32. The molecule has 1 atom stereocenters. The molecule has 2 aromatic heterocycles. The van der Waals surface area contributed by atoms with Crippen molar-refractivity contribution in [3.8, 4) is 11.3 Å². The average molecular weight is 299 g/mol. The molecule has 0 bridgehead atoms. The van der Waals surface area contributed by atoms with Crippen molar-refractivity contribution in [3.05, 3.63) is 52.4 Å². The minimum atomic E-state index is 0.243. The predicted molar refractivity (Wildman–Crippen MR) is 85.6 cm³/mol. The molecule has 4 nitrogen and oxygen atoms in total. The minimum Gasteiger partial charge on any atom is -0.444 e. The molecule has 1 unspecified atom stereocenters. The van der Waals surface area contributed by atoms with Crippen molar-refractivity contribution < 1.29 is 4.42 Å². The molecule has 5 heteroatoms. The fourth-order valence-corrected chi connectivity index (χ4v) is 3.28. The summed E-state index contributed by atoms with van der Waals surface area (Å²) in [6.07, 6.45) is 3.16. The maximum atomic E-state index is 5.29. The number of thiazole rings is 1. The van der Waals surface area contributed by atoms with E-state index in [1.807, 2.05) is 19.1 Å². The van der Waals surface area contributed by atoms with E-state index in [1.165, 1.54) is 11.3 Å². The normalized spacial score (nSPS) is 12.3. The van der Waals surface area contributed by atoms with Gasteiger partial charge in [-0.3, -0.25) is 0 Å². The van der Waals surface area contributed by atoms with Gasteiger partial charge in [-0.2, -0.15) is 0 Å². The minimum absolute atomic E-state index is 0.243. The lowest BCUT2D eigenvalue weighted by atomic mass is 10.1. The first-order chi connectivity index (χ1) is 10.1. The highest BCUT2D eigenvalue weighted by Crippen LogP contribution is 2.28. The van der Waals surface area contributed by atoms with E-state index in [0.29, 0.717) is 0 Å². The van der Waals surface area contributed by atoms with Gasteiger partial charge in [-0.15, -0.1) is 11.3 Å². The Morgan fingerprint density at radius 1 is 1.19 bits per heavy atom. The quantitative estimate of drug-likeness (QED) is 0.765. The van der Waals surface area contributed by atoms with Crippen LogP contribution in [0, 0.1) is 13.8 Å². The third-order valence-corrected chi connectivity index (χ3v) is 4.57. The van der Waals surface area contributed by atoms with Crippen molar-refractivity contribution in [1.82, 2.24) is 9.97 Å². The topological polar surface area (TPSA) is 51.0 Å². The molecule has 0 spiro atoms. The second-order valence-corrected chi connectivity index (χ2v) is 6.23. The Bertz CT molecular complexity index is 717. The van der Waals surface area contributed by atoms with Crippen LogP contribution >= 0.6 is 11.3 Å². The van der Waals surface area contributed by atoms with Gasteiger partial charge in [0.15, 0.2) is 12.2 Å². The fourth-order valence-electron chi connectivity index (χ4n) is 2.35. The molecule has 0 amide bonds. The van der Waals surface area contributed by atoms with Crippen molar-refractivity contribution in [2.45, 2.75) is 26.8 Å². The summed E-state index contributed by atoms with van der Waals surface area (Å²) < 4.78 is 5.29. The number of nitrogens with zero attached hydrogens (tertiary/aromatic N) is 2. The number of hydrogen-bond acceptors (Lipinski definition) is 5. The van der Waals surface area contributed by atoms with Crippen molar-refractivity contribution in [1.29, 1.82) is 0 Å². The van der Waals surface area contributed by atoms with Gasteiger partial charge in [-0.05, 0) is 45.0 Å². The zero-order chi connectivity index (χ0) is 14.8. The number of nitrogens with one attached hydrogen (secondary N) is 1. The Morgan fingerprint density at radius 3 is 2.52 bits per heavy atom. The molecule has 0 saturated carbocycles. The first-order valence-electron chi connectivity index (χ1n) is 6.83. The van der Waals surface area contributed by atoms with Crippen LogP contribution in [0.5, 0.6) is 0 Å². The van der Waals surface area contributed by atoms with Crippen molar-refractivity contribution in [3.63, 3.8) is 0 Å². The molecule has 0 radical (unpaired) electrons. The van der Waals surface area contributed by atoms with Crippen LogP contribution < -0.4 is 5.32 Å². The van der Waals surface area contributed by atoms with Gasteiger partial charge in [0, 0.05) is 16.1 Å². The van der Waals surface area contributed by atoms with Gasteiger partial charge in [0.2, 0.25) is 0 Å². The summed E-state index contributed by atoms with van der Waals surface area (Å²) in [5.74, 6) is 0.781. The molecule has 0 saturated heterocycles. The number of oxazole rings is 1. The largest absolute Gasteiger partial charge is 0.444 e. The second-order valence-electron chi connectivity index (χ2n) is 4.99. The SMILES string of the molecule is Cc1nc(C)c(C(C)Nc2ccc(-c3cnco3)cc2)s1. The van der Waals surface area contributed by atoms with Crippen molar-refractivity contribution in [2.75, 3.05) is 5.32 Å². The number of aromatic nitrogens is 2. The summed E-state index contributed by atoms with van der Waals surface area (Å²) in [6, 6.07) is 8.41. The first-order valence-corrected chi connectivity index (χ1v) is 7.64. The van der Waals surface area contributed by atoms with Crippen molar-refractivity contribution >= 4 is 17.0 Å². The number of rotatable bonds is 4. The fraction of sp³-hybridized carbons (Fsp3) is 0.250. The summed E-state index contributed by atoms with van der Waals surface area (Å²) in [5, 5.41) is 4.62. The molecule has 0 aliphatic carbocycles. The molecular weight excluding hydrogens is 282 g/mol. The van der Waals surface area contributed by atoms with Crippen LogP contribution in [-0.2, 0) is 0 Å². The van der Waals surface area contributed by atoms with Crippen LogP contribution in [0.4, 0.5) is 5.69 Å². The number of anilines is 1. The molecule has 0 aliphatic heterocycles. The van der Waals surface area contributed by atoms with E-state index >= 15 is 0 Å². The van der Waals surface area contributed by atoms with Crippen LogP contribution in [0.25, 0.3) is 11.3 Å². The van der Waals surface area contributed by atoms with Gasteiger partial charge in [0.25, 0.3) is 0 Å². The van der Waals surface area contributed by atoms with E-state index in [0.717, 1.165) is 27.7 Å². The summed E-state index contributed by atoms with van der Waals surface area (Å²) in [6.45, 7) is 6.26. The summed E-state index contributed by atoms with van der Waals surface area (Å²) in [5.41, 5.74) is 3.21. The molecule has 3 aromatic rings. The van der Waals surface area contributed by atoms with E-state index in [4.69, 9.17) is 4.42 Å². The van der Waals surface area contributed by atoms with Gasteiger partial charge >= 0.3 is 0 Å². The lowest BCUT2D eigenvalue weighted by Crippen LogP contribution is -2.06. The number of hydrogen-bond donors (Lipinski definition) is 1. The highest BCUT2D eigenvalue weighted by Gasteiger charge is 2.12. The number of benzene rings is 1. The Kier molecular flexibility index (Phi) is 3.75. The first kappa shape index (κ1) is 13.8. The smallest absolute Gasteiger partial charge is 0.181 e. The number of aryl methyl sites for hydroxylation is 2. The summed E-state index contributed by atoms with van der Waals surface area (Å²) in [7, 11) is 0. The summed E-state index contributed by atoms with van der Waals surface area (Å²) in [4.78, 5) is 9.70. The maximum absolute atomic E-state index is 5.29. The predicted octanol–water partition coefficient (Wildman–Crippen LogP) is 4.59. The highest BCUT2D eigenvalue weighted by molar-refractivity contribution is 7.11. The molecule has 3 rings (SSSR count). The molecule has 2 heterocycles. The van der Waals surface area contributed by atoms with Crippen LogP contribution in [0.3, 0.4) is 0 Å². The highest BCUT2D eigenvalue weighted by atomic mass is 32.1. The van der Waals surface area contributed by atoms with Crippen molar-refractivity contribution in [2.24, 2.45) is 0 Å². The van der Waals surface area contributed by atoms with E-state index < -0.39 is 0 Å². The molecule has 1 aromatic carbocycles. The van der Waals surface area contributed by atoms with E-state index in [1.54, 1.807) is 17.5 Å². The average Bonchev–Trinajstić information content (AvgIpc) is 3.09. The van der Waals surface area contributed by atoms with E-state index in [9.17, 15) is 0 Å². The van der Waals surface area contributed by atoms with Crippen LogP contribution in [0.15, 0.2) is 41.3 Å².